The Bertz CT molecular complexity index is 343. The molecule has 0 aromatic carbocycles. The van der Waals surface area contributed by atoms with Gasteiger partial charge in [-0.15, -0.1) is 0 Å². The Balaban J connectivity index is 2.01. The number of aromatic nitrogens is 3. The highest BCUT2D eigenvalue weighted by Crippen LogP contribution is 2.38. The van der Waals surface area contributed by atoms with Crippen molar-refractivity contribution in [1.82, 2.24) is 20.1 Å². The number of nitrogens with one attached hydrogen (secondary N) is 1. The molecule has 1 aromatic rings. The third-order valence-electron chi connectivity index (χ3n) is 3.86. The van der Waals surface area contributed by atoms with E-state index in [4.69, 9.17) is 0 Å². The molecule has 1 N–H and O–H groups in total. The topological polar surface area (TPSA) is 42.7 Å². The quantitative estimate of drug-likeness (QED) is 0.786. The molecular formula is C13H24N4. The SMILES string of the molecule is CCNC(Cc1ncnn1CC)C(C)C1CC1. The molecule has 0 aliphatic heterocycles. The van der Waals surface area contributed by atoms with Gasteiger partial charge >= 0.3 is 0 Å². The van der Waals surface area contributed by atoms with Crippen molar-refractivity contribution in [3.63, 3.8) is 0 Å². The molecule has 1 saturated carbocycles. The fourth-order valence-corrected chi connectivity index (χ4v) is 2.56. The van der Waals surface area contributed by atoms with Crippen molar-refractivity contribution in [3.8, 4) is 0 Å². The maximum Gasteiger partial charge on any atom is 0.138 e. The summed E-state index contributed by atoms with van der Waals surface area (Å²) in [6, 6.07) is 0.544. The molecule has 0 bridgehead atoms. The van der Waals surface area contributed by atoms with E-state index < -0.39 is 0 Å². The van der Waals surface area contributed by atoms with Gasteiger partial charge in [0.15, 0.2) is 0 Å². The van der Waals surface area contributed by atoms with Crippen molar-refractivity contribution < 1.29 is 0 Å². The van der Waals surface area contributed by atoms with Gasteiger partial charge in [-0.1, -0.05) is 13.8 Å². The molecule has 4 heteroatoms. The van der Waals surface area contributed by atoms with E-state index >= 15 is 0 Å². The van der Waals surface area contributed by atoms with Gasteiger partial charge in [0, 0.05) is 19.0 Å². The summed E-state index contributed by atoms with van der Waals surface area (Å²) in [5.74, 6) is 2.79. The van der Waals surface area contributed by atoms with Crippen LogP contribution >= 0.6 is 0 Å². The van der Waals surface area contributed by atoms with E-state index in [9.17, 15) is 0 Å². The molecule has 1 aromatic heterocycles. The molecule has 0 spiro atoms. The van der Waals surface area contributed by atoms with Gasteiger partial charge in [-0.3, -0.25) is 4.68 Å². The molecule has 0 radical (unpaired) electrons. The van der Waals surface area contributed by atoms with Crippen molar-refractivity contribution in [1.29, 1.82) is 0 Å². The average Bonchev–Trinajstić information content (AvgIpc) is 3.08. The van der Waals surface area contributed by atoms with Crippen LogP contribution in [-0.4, -0.2) is 27.4 Å². The molecule has 17 heavy (non-hydrogen) atoms. The molecule has 1 heterocycles. The van der Waals surface area contributed by atoms with E-state index in [0.717, 1.165) is 37.2 Å². The fourth-order valence-electron chi connectivity index (χ4n) is 2.56. The smallest absolute Gasteiger partial charge is 0.138 e. The maximum atomic E-state index is 4.38. The highest BCUT2D eigenvalue weighted by atomic mass is 15.3. The van der Waals surface area contributed by atoms with Crippen LogP contribution in [0.5, 0.6) is 0 Å². The van der Waals surface area contributed by atoms with Crippen LogP contribution in [0.25, 0.3) is 0 Å². The number of likely N-dealkylation sites (N-methyl/N-ethyl adjacent to an activating group) is 1. The van der Waals surface area contributed by atoms with E-state index in [1.165, 1.54) is 12.8 Å². The standard InChI is InChI=1S/C13H24N4/c1-4-14-12(10(3)11-6-7-11)8-13-15-9-16-17(13)5-2/h9-12,14H,4-8H2,1-3H3. The lowest BCUT2D eigenvalue weighted by molar-refractivity contribution is 0.336. The normalized spacial score (nSPS) is 19.2. The molecule has 2 unspecified atom stereocenters. The first-order chi connectivity index (χ1) is 8.26. The predicted octanol–water partition coefficient (Wildman–Crippen LogP) is 1.86. The van der Waals surface area contributed by atoms with E-state index in [-0.39, 0.29) is 0 Å². The molecule has 1 aliphatic carbocycles. The van der Waals surface area contributed by atoms with E-state index in [2.05, 4.69) is 36.2 Å². The third-order valence-corrected chi connectivity index (χ3v) is 3.86. The number of hydrogen-bond acceptors (Lipinski definition) is 3. The van der Waals surface area contributed by atoms with Gasteiger partial charge in [0.25, 0.3) is 0 Å². The molecule has 1 fully saturated rings. The number of nitrogens with zero attached hydrogens (tertiary/aromatic N) is 3. The minimum Gasteiger partial charge on any atom is -0.314 e. The Hall–Kier alpha value is -0.900. The summed E-state index contributed by atoms with van der Waals surface area (Å²) >= 11 is 0. The zero-order valence-electron chi connectivity index (χ0n) is 11.2. The van der Waals surface area contributed by atoms with E-state index in [0.29, 0.717) is 6.04 Å². The predicted molar refractivity (Wildman–Crippen MR) is 68.8 cm³/mol. The molecule has 0 saturated heterocycles. The minimum atomic E-state index is 0.544. The third kappa shape index (κ3) is 3.06. The highest BCUT2D eigenvalue weighted by molar-refractivity contribution is 4.95. The zero-order chi connectivity index (χ0) is 12.3. The molecular weight excluding hydrogens is 212 g/mol. The van der Waals surface area contributed by atoms with Crippen molar-refractivity contribution in [2.75, 3.05) is 6.54 Å². The van der Waals surface area contributed by atoms with Gasteiger partial charge < -0.3 is 5.32 Å². The molecule has 0 amide bonds. The second-order valence-corrected chi connectivity index (χ2v) is 5.06. The van der Waals surface area contributed by atoms with E-state index in [1.54, 1.807) is 6.33 Å². The Labute approximate surface area is 104 Å². The molecule has 96 valence electrons. The lowest BCUT2D eigenvalue weighted by Gasteiger charge is -2.24. The van der Waals surface area contributed by atoms with Crippen LogP contribution in [0.15, 0.2) is 6.33 Å². The first kappa shape index (κ1) is 12.6. The zero-order valence-corrected chi connectivity index (χ0v) is 11.2. The molecule has 1 aliphatic rings. The Kier molecular flexibility index (Phi) is 4.15. The van der Waals surface area contributed by atoms with Gasteiger partial charge in [-0.25, -0.2) is 4.98 Å². The van der Waals surface area contributed by atoms with Crippen molar-refractivity contribution >= 4 is 0 Å². The van der Waals surface area contributed by atoms with Crippen LogP contribution < -0.4 is 5.32 Å². The minimum absolute atomic E-state index is 0.544. The summed E-state index contributed by atoms with van der Waals surface area (Å²) in [6.07, 6.45) is 5.48. The lowest BCUT2D eigenvalue weighted by atomic mass is 9.93. The average molecular weight is 236 g/mol. The van der Waals surface area contributed by atoms with Crippen molar-refractivity contribution in [3.05, 3.63) is 12.2 Å². The van der Waals surface area contributed by atoms with Gasteiger partial charge in [-0.05, 0) is 38.1 Å². The summed E-state index contributed by atoms with van der Waals surface area (Å²) in [6.45, 7) is 8.60. The second kappa shape index (κ2) is 5.63. The summed E-state index contributed by atoms with van der Waals surface area (Å²) in [5, 5.41) is 7.86. The maximum absolute atomic E-state index is 4.38. The highest BCUT2D eigenvalue weighted by Gasteiger charge is 2.33. The summed E-state index contributed by atoms with van der Waals surface area (Å²) in [5.41, 5.74) is 0. The second-order valence-electron chi connectivity index (χ2n) is 5.06. The largest absolute Gasteiger partial charge is 0.314 e. The number of rotatable bonds is 7. The van der Waals surface area contributed by atoms with Gasteiger partial charge in [0.2, 0.25) is 0 Å². The molecule has 4 nitrogen and oxygen atoms in total. The first-order valence-electron chi connectivity index (χ1n) is 6.86. The van der Waals surface area contributed by atoms with Crippen LogP contribution in [0, 0.1) is 11.8 Å². The Morgan fingerprint density at radius 1 is 1.47 bits per heavy atom. The Morgan fingerprint density at radius 2 is 2.24 bits per heavy atom. The van der Waals surface area contributed by atoms with Gasteiger partial charge in [-0.2, -0.15) is 5.10 Å². The molecule has 2 rings (SSSR count). The summed E-state index contributed by atoms with van der Waals surface area (Å²) in [7, 11) is 0. The number of hydrogen-bond donors (Lipinski definition) is 1. The number of aryl methyl sites for hydroxylation is 1. The van der Waals surface area contributed by atoms with Crippen molar-refractivity contribution in [2.24, 2.45) is 11.8 Å². The fraction of sp³-hybridized carbons (Fsp3) is 0.846. The van der Waals surface area contributed by atoms with Crippen LogP contribution in [0.2, 0.25) is 0 Å². The Morgan fingerprint density at radius 3 is 2.82 bits per heavy atom. The van der Waals surface area contributed by atoms with Crippen LogP contribution in [0.3, 0.4) is 0 Å². The van der Waals surface area contributed by atoms with Crippen molar-refractivity contribution in [2.45, 2.75) is 52.6 Å². The lowest BCUT2D eigenvalue weighted by Crippen LogP contribution is -2.38. The monoisotopic (exact) mass is 236 g/mol. The first-order valence-corrected chi connectivity index (χ1v) is 6.86. The molecule has 2 atom stereocenters. The van der Waals surface area contributed by atoms with E-state index in [1.807, 2.05) is 4.68 Å². The van der Waals surface area contributed by atoms with Crippen LogP contribution in [0.1, 0.15) is 39.4 Å². The summed E-state index contributed by atoms with van der Waals surface area (Å²) < 4.78 is 2.00. The van der Waals surface area contributed by atoms with Gasteiger partial charge in [0.05, 0.1) is 0 Å². The summed E-state index contributed by atoms with van der Waals surface area (Å²) in [4.78, 5) is 4.38. The van der Waals surface area contributed by atoms with Gasteiger partial charge in [0.1, 0.15) is 12.2 Å². The van der Waals surface area contributed by atoms with Crippen LogP contribution in [-0.2, 0) is 13.0 Å². The van der Waals surface area contributed by atoms with Crippen LogP contribution in [0.4, 0.5) is 0 Å².